The molecule has 1 N–H and O–H groups in total. The van der Waals surface area contributed by atoms with Crippen LogP contribution < -0.4 is 5.32 Å². The summed E-state index contributed by atoms with van der Waals surface area (Å²) in [6.07, 6.45) is 0. The zero-order valence-corrected chi connectivity index (χ0v) is 13.0. The lowest BCUT2D eigenvalue weighted by Crippen LogP contribution is -2.10. The number of amides is 1. The van der Waals surface area contributed by atoms with Crippen LogP contribution in [0.1, 0.15) is 10.6 Å². The molecular formula is C17H11ClN2O4. The lowest BCUT2D eigenvalue weighted by molar-refractivity contribution is -0.384. The summed E-state index contributed by atoms with van der Waals surface area (Å²) < 4.78 is 5.54. The summed E-state index contributed by atoms with van der Waals surface area (Å²) >= 11 is 5.84. The van der Waals surface area contributed by atoms with E-state index in [1.165, 1.54) is 24.3 Å². The Hall–Kier alpha value is -3.12. The van der Waals surface area contributed by atoms with E-state index in [0.29, 0.717) is 16.5 Å². The van der Waals surface area contributed by atoms with Gasteiger partial charge in [0.15, 0.2) is 5.76 Å². The number of carbonyl (C=O) groups excluding carboxylic acids is 1. The van der Waals surface area contributed by atoms with Gasteiger partial charge in [-0.15, -0.1) is 0 Å². The molecule has 6 nitrogen and oxygen atoms in total. The predicted molar refractivity (Wildman–Crippen MR) is 90.2 cm³/mol. The molecule has 0 saturated carbocycles. The number of hydrogen-bond donors (Lipinski definition) is 1. The minimum Gasteiger partial charge on any atom is -0.451 e. The Kier molecular flexibility index (Phi) is 4.31. The first-order valence-electron chi connectivity index (χ1n) is 6.94. The zero-order valence-electron chi connectivity index (χ0n) is 12.2. The van der Waals surface area contributed by atoms with Crippen molar-refractivity contribution in [2.45, 2.75) is 0 Å². The topological polar surface area (TPSA) is 85.4 Å². The highest BCUT2D eigenvalue weighted by molar-refractivity contribution is 6.30. The summed E-state index contributed by atoms with van der Waals surface area (Å²) in [7, 11) is 0. The molecule has 7 heteroatoms. The van der Waals surface area contributed by atoms with Gasteiger partial charge in [0.05, 0.1) is 4.92 Å². The lowest BCUT2D eigenvalue weighted by atomic mass is 10.2. The average molecular weight is 343 g/mol. The van der Waals surface area contributed by atoms with Crippen LogP contribution in [0.4, 0.5) is 11.4 Å². The maximum Gasteiger partial charge on any atom is 0.291 e. The molecule has 0 aliphatic rings. The van der Waals surface area contributed by atoms with E-state index < -0.39 is 10.8 Å². The van der Waals surface area contributed by atoms with Gasteiger partial charge in [-0.1, -0.05) is 11.6 Å². The van der Waals surface area contributed by atoms with Crippen LogP contribution in [0.15, 0.2) is 65.1 Å². The van der Waals surface area contributed by atoms with Crippen molar-refractivity contribution >= 4 is 28.9 Å². The third-order valence-electron chi connectivity index (χ3n) is 3.29. The van der Waals surface area contributed by atoms with Crippen molar-refractivity contribution in [2.24, 2.45) is 0 Å². The first-order valence-corrected chi connectivity index (χ1v) is 7.32. The monoisotopic (exact) mass is 342 g/mol. The number of anilines is 1. The molecule has 0 unspecified atom stereocenters. The number of nitrogens with one attached hydrogen (secondary N) is 1. The van der Waals surface area contributed by atoms with Crippen LogP contribution >= 0.6 is 11.6 Å². The zero-order chi connectivity index (χ0) is 17.1. The molecule has 0 atom stereocenters. The van der Waals surface area contributed by atoms with E-state index in [2.05, 4.69) is 5.32 Å². The molecule has 1 aromatic heterocycles. The summed E-state index contributed by atoms with van der Waals surface area (Å²) in [6, 6.07) is 15.8. The third kappa shape index (κ3) is 3.44. The molecule has 0 radical (unpaired) electrons. The Morgan fingerprint density at radius 3 is 2.29 bits per heavy atom. The maximum atomic E-state index is 12.2. The quantitative estimate of drug-likeness (QED) is 0.547. The Labute approximate surface area is 141 Å². The molecule has 0 aliphatic heterocycles. The molecule has 0 fully saturated rings. The van der Waals surface area contributed by atoms with Crippen LogP contribution in [0.2, 0.25) is 5.02 Å². The first-order chi connectivity index (χ1) is 11.5. The molecule has 0 spiro atoms. The van der Waals surface area contributed by atoms with E-state index in [1.807, 2.05) is 0 Å². The highest BCUT2D eigenvalue weighted by Gasteiger charge is 2.13. The highest BCUT2D eigenvalue weighted by Crippen LogP contribution is 2.24. The largest absolute Gasteiger partial charge is 0.451 e. The summed E-state index contributed by atoms with van der Waals surface area (Å²) in [6.45, 7) is 0. The molecule has 0 aliphatic carbocycles. The van der Waals surface area contributed by atoms with E-state index in [9.17, 15) is 14.9 Å². The van der Waals surface area contributed by atoms with Crippen LogP contribution in [0, 0.1) is 10.1 Å². The molecule has 0 saturated heterocycles. The molecule has 0 bridgehead atoms. The fraction of sp³-hybridized carbons (Fsp3) is 0. The van der Waals surface area contributed by atoms with Crippen molar-refractivity contribution < 1.29 is 14.1 Å². The fourth-order valence-electron chi connectivity index (χ4n) is 2.09. The number of hydrogen-bond acceptors (Lipinski definition) is 4. The Morgan fingerprint density at radius 1 is 1.00 bits per heavy atom. The van der Waals surface area contributed by atoms with Gasteiger partial charge in [0, 0.05) is 28.4 Å². The number of nitro groups is 1. The van der Waals surface area contributed by atoms with Gasteiger partial charge in [-0.3, -0.25) is 14.9 Å². The van der Waals surface area contributed by atoms with Crippen molar-refractivity contribution in [3.8, 4) is 11.3 Å². The normalized spacial score (nSPS) is 10.4. The Bertz CT molecular complexity index is 886. The van der Waals surface area contributed by atoms with Gasteiger partial charge in [-0.05, 0) is 48.5 Å². The molecule has 1 heterocycles. The van der Waals surface area contributed by atoms with Gasteiger partial charge in [0.25, 0.3) is 11.6 Å². The van der Waals surface area contributed by atoms with Crippen molar-refractivity contribution in [1.29, 1.82) is 0 Å². The molecular weight excluding hydrogens is 332 g/mol. The second-order valence-corrected chi connectivity index (χ2v) is 5.37. The number of carbonyl (C=O) groups is 1. The van der Waals surface area contributed by atoms with E-state index in [-0.39, 0.29) is 11.4 Å². The summed E-state index contributed by atoms with van der Waals surface area (Å²) in [5, 5.41) is 13.8. The van der Waals surface area contributed by atoms with E-state index >= 15 is 0 Å². The molecule has 120 valence electrons. The first kappa shape index (κ1) is 15.8. The number of non-ortho nitro benzene ring substituents is 1. The maximum absolute atomic E-state index is 12.2. The van der Waals surface area contributed by atoms with Crippen molar-refractivity contribution in [3.63, 3.8) is 0 Å². The molecule has 3 rings (SSSR count). The Morgan fingerprint density at radius 2 is 1.67 bits per heavy atom. The highest BCUT2D eigenvalue weighted by atomic mass is 35.5. The number of nitrogens with zero attached hydrogens (tertiary/aromatic N) is 1. The molecule has 3 aromatic rings. The summed E-state index contributed by atoms with van der Waals surface area (Å²) in [5.74, 6) is 0.239. The number of halogens is 1. The Balaban J connectivity index is 1.73. The predicted octanol–water partition coefficient (Wildman–Crippen LogP) is 4.76. The SMILES string of the molecule is O=C(Nc1ccc([N+](=O)[O-])cc1)c1ccc(-c2ccc(Cl)cc2)o1. The van der Waals surface area contributed by atoms with Gasteiger partial charge >= 0.3 is 0 Å². The second kappa shape index (κ2) is 6.55. The fourth-order valence-corrected chi connectivity index (χ4v) is 2.21. The van der Waals surface area contributed by atoms with Crippen LogP contribution in [0.5, 0.6) is 0 Å². The lowest BCUT2D eigenvalue weighted by Gasteiger charge is -2.03. The van der Waals surface area contributed by atoms with E-state index in [1.54, 1.807) is 36.4 Å². The third-order valence-corrected chi connectivity index (χ3v) is 3.55. The minimum atomic E-state index is -0.503. The van der Waals surface area contributed by atoms with Gasteiger partial charge in [0.2, 0.25) is 0 Å². The number of nitro benzene ring substituents is 1. The van der Waals surface area contributed by atoms with Crippen LogP contribution in [-0.4, -0.2) is 10.8 Å². The number of furan rings is 1. The van der Waals surface area contributed by atoms with Crippen LogP contribution in [0.25, 0.3) is 11.3 Å². The number of rotatable bonds is 4. The molecule has 1 amide bonds. The van der Waals surface area contributed by atoms with Crippen molar-refractivity contribution in [1.82, 2.24) is 0 Å². The van der Waals surface area contributed by atoms with Gasteiger partial charge < -0.3 is 9.73 Å². The van der Waals surface area contributed by atoms with E-state index in [4.69, 9.17) is 16.0 Å². The average Bonchev–Trinajstić information content (AvgIpc) is 3.06. The summed E-state index contributed by atoms with van der Waals surface area (Å²) in [5.41, 5.74) is 1.19. The molecule has 2 aromatic carbocycles. The van der Waals surface area contributed by atoms with Gasteiger partial charge in [0.1, 0.15) is 5.76 Å². The molecule has 24 heavy (non-hydrogen) atoms. The van der Waals surface area contributed by atoms with Gasteiger partial charge in [-0.2, -0.15) is 0 Å². The van der Waals surface area contributed by atoms with E-state index in [0.717, 1.165) is 5.56 Å². The smallest absolute Gasteiger partial charge is 0.291 e. The van der Waals surface area contributed by atoms with Crippen molar-refractivity contribution in [2.75, 3.05) is 5.32 Å². The van der Waals surface area contributed by atoms with Gasteiger partial charge in [-0.25, -0.2) is 0 Å². The van der Waals surface area contributed by atoms with Crippen LogP contribution in [0.3, 0.4) is 0 Å². The minimum absolute atomic E-state index is 0.0453. The second-order valence-electron chi connectivity index (χ2n) is 4.93. The number of benzene rings is 2. The standard InChI is InChI=1S/C17H11ClN2O4/c18-12-3-1-11(2-4-12)15-9-10-16(24-15)17(21)19-13-5-7-14(8-6-13)20(22)23/h1-10H,(H,19,21). The van der Waals surface area contributed by atoms with Crippen LogP contribution in [-0.2, 0) is 0 Å². The summed E-state index contributed by atoms with van der Waals surface area (Å²) in [4.78, 5) is 22.3. The van der Waals surface area contributed by atoms with Crippen molar-refractivity contribution in [3.05, 3.63) is 81.6 Å².